The Morgan fingerprint density at radius 1 is 1.19 bits per heavy atom. The van der Waals surface area contributed by atoms with Crippen molar-refractivity contribution >= 4 is 22.4 Å². The van der Waals surface area contributed by atoms with Crippen LogP contribution < -0.4 is 5.32 Å². The number of aliphatic hydroxyl groups excluding tert-OH is 1. The van der Waals surface area contributed by atoms with Crippen molar-refractivity contribution < 1.29 is 9.90 Å². The van der Waals surface area contributed by atoms with Crippen LogP contribution in [0.1, 0.15) is 30.2 Å². The van der Waals surface area contributed by atoms with Crippen LogP contribution in [0.4, 0.5) is 5.13 Å². The highest BCUT2D eigenvalue weighted by Gasteiger charge is 2.04. The lowest BCUT2D eigenvalue weighted by Crippen LogP contribution is -2.05. The third-order valence-corrected chi connectivity index (χ3v) is 3.96. The number of hydrogen-bond acceptors (Lipinski definition) is 4. The van der Waals surface area contributed by atoms with Crippen LogP contribution in [-0.4, -0.2) is 22.6 Å². The summed E-state index contributed by atoms with van der Waals surface area (Å²) in [5.41, 5.74) is 3.54. The molecule has 0 bridgehead atoms. The molecule has 4 nitrogen and oxygen atoms in total. The number of amides is 1. The highest BCUT2D eigenvalue weighted by molar-refractivity contribution is 7.13. The van der Waals surface area contributed by atoms with E-state index in [1.54, 1.807) is 0 Å². The predicted octanol–water partition coefficient (Wildman–Crippen LogP) is 2.81. The van der Waals surface area contributed by atoms with Crippen LogP contribution >= 0.6 is 11.3 Å². The molecule has 0 atom stereocenters. The van der Waals surface area contributed by atoms with Gasteiger partial charge in [0.15, 0.2) is 5.13 Å². The van der Waals surface area contributed by atoms with Gasteiger partial charge in [-0.25, -0.2) is 4.98 Å². The first kappa shape index (κ1) is 15.7. The van der Waals surface area contributed by atoms with E-state index in [0.29, 0.717) is 5.13 Å². The molecule has 0 unspecified atom stereocenters. The molecule has 2 aromatic rings. The van der Waals surface area contributed by atoms with Crippen molar-refractivity contribution in [3.8, 4) is 0 Å². The molecule has 0 aliphatic heterocycles. The largest absolute Gasteiger partial charge is 0.396 e. The molecule has 0 saturated carbocycles. The highest BCUT2D eigenvalue weighted by atomic mass is 32.1. The Bertz CT molecular complexity index is 578. The van der Waals surface area contributed by atoms with Gasteiger partial charge < -0.3 is 10.4 Å². The minimum absolute atomic E-state index is 0.0885. The summed E-state index contributed by atoms with van der Waals surface area (Å²) in [6.45, 7) is 1.72. The van der Waals surface area contributed by atoms with Crippen molar-refractivity contribution in [2.24, 2.45) is 0 Å². The molecule has 0 saturated heterocycles. The molecule has 112 valence electrons. The van der Waals surface area contributed by atoms with Gasteiger partial charge >= 0.3 is 0 Å². The number of aryl methyl sites for hydroxylation is 3. The second-order valence-electron chi connectivity index (χ2n) is 4.97. The topological polar surface area (TPSA) is 62.2 Å². The lowest BCUT2D eigenvalue weighted by atomic mass is 10.0. The van der Waals surface area contributed by atoms with Crippen LogP contribution in [0.2, 0.25) is 0 Å². The number of benzene rings is 1. The number of carbonyl (C=O) groups excluding carboxylic acids is 1. The summed E-state index contributed by atoms with van der Waals surface area (Å²) >= 11 is 1.46. The number of carbonyl (C=O) groups is 1. The molecule has 0 aliphatic carbocycles. The lowest BCUT2D eigenvalue weighted by molar-refractivity contribution is -0.114. The summed E-state index contributed by atoms with van der Waals surface area (Å²) in [7, 11) is 0. The Morgan fingerprint density at radius 2 is 1.86 bits per heavy atom. The average Bonchev–Trinajstić information content (AvgIpc) is 2.91. The predicted molar refractivity (Wildman–Crippen MR) is 85.7 cm³/mol. The summed E-state index contributed by atoms with van der Waals surface area (Å²) in [6, 6.07) is 8.51. The van der Waals surface area contributed by atoms with Gasteiger partial charge in [-0.1, -0.05) is 24.3 Å². The fourth-order valence-electron chi connectivity index (χ4n) is 2.06. The Morgan fingerprint density at radius 3 is 2.48 bits per heavy atom. The monoisotopic (exact) mass is 304 g/mol. The van der Waals surface area contributed by atoms with Gasteiger partial charge in [0, 0.05) is 18.9 Å². The molecule has 0 aliphatic rings. The van der Waals surface area contributed by atoms with Crippen LogP contribution in [-0.2, 0) is 24.1 Å². The van der Waals surface area contributed by atoms with E-state index in [1.165, 1.54) is 29.4 Å². The van der Waals surface area contributed by atoms with Crippen molar-refractivity contribution in [2.45, 2.75) is 32.6 Å². The second-order valence-corrected chi connectivity index (χ2v) is 5.83. The first-order valence-corrected chi connectivity index (χ1v) is 7.96. The molecule has 21 heavy (non-hydrogen) atoms. The fourth-order valence-corrected chi connectivity index (χ4v) is 2.85. The Kier molecular flexibility index (Phi) is 5.90. The molecule has 0 spiro atoms. The third-order valence-electron chi connectivity index (χ3n) is 3.15. The average molecular weight is 304 g/mol. The maximum Gasteiger partial charge on any atom is 0.223 e. The summed E-state index contributed by atoms with van der Waals surface area (Å²) in [6.07, 6.45) is 3.53. The standard InChI is InChI=1S/C16H20N2O2S/c1-12(20)17-16-18-15(11-21-16)9-8-14-6-4-13(5-7-14)3-2-10-19/h4-7,11,19H,2-3,8-10H2,1H3,(H,17,18,20). The zero-order valence-corrected chi connectivity index (χ0v) is 12.9. The van der Waals surface area contributed by atoms with E-state index in [1.807, 2.05) is 5.38 Å². The molecule has 1 heterocycles. The normalized spacial score (nSPS) is 10.6. The molecule has 2 N–H and O–H groups in total. The Hall–Kier alpha value is -1.72. The van der Waals surface area contributed by atoms with E-state index in [-0.39, 0.29) is 12.5 Å². The maximum absolute atomic E-state index is 10.9. The number of nitrogens with one attached hydrogen (secondary N) is 1. The molecule has 1 amide bonds. The number of nitrogens with zero attached hydrogens (tertiary/aromatic N) is 1. The van der Waals surface area contributed by atoms with Crippen LogP contribution in [0.25, 0.3) is 0 Å². The molecule has 1 aromatic carbocycles. The zero-order valence-electron chi connectivity index (χ0n) is 12.1. The van der Waals surface area contributed by atoms with Crippen molar-refractivity contribution in [3.05, 3.63) is 46.5 Å². The van der Waals surface area contributed by atoms with Gasteiger partial charge in [0.2, 0.25) is 5.91 Å². The number of anilines is 1. The Balaban J connectivity index is 1.84. The first-order valence-electron chi connectivity index (χ1n) is 7.08. The number of aliphatic hydroxyl groups is 1. The van der Waals surface area contributed by atoms with Crippen molar-refractivity contribution in [1.82, 2.24) is 4.98 Å². The van der Waals surface area contributed by atoms with Crippen LogP contribution in [0.3, 0.4) is 0 Å². The van der Waals surface area contributed by atoms with E-state index in [0.717, 1.165) is 31.4 Å². The van der Waals surface area contributed by atoms with Crippen LogP contribution in [0.15, 0.2) is 29.6 Å². The minimum atomic E-state index is -0.0885. The van der Waals surface area contributed by atoms with Gasteiger partial charge in [0.05, 0.1) is 5.69 Å². The third kappa shape index (κ3) is 5.28. The van der Waals surface area contributed by atoms with Crippen molar-refractivity contribution in [1.29, 1.82) is 0 Å². The summed E-state index contributed by atoms with van der Waals surface area (Å²) in [5.74, 6) is -0.0885. The van der Waals surface area contributed by atoms with Gasteiger partial charge in [0.1, 0.15) is 0 Å². The van der Waals surface area contributed by atoms with Gasteiger partial charge in [0.25, 0.3) is 0 Å². The van der Waals surface area contributed by atoms with Crippen molar-refractivity contribution in [3.63, 3.8) is 0 Å². The summed E-state index contributed by atoms with van der Waals surface area (Å²) in [5, 5.41) is 14.2. The summed E-state index contributed by atoms with van der Waals surface area (Å²) in [4.78, 5) is 15.3. The van der Waals surface area contributed by atoms with E-state index >= 15 is 0 Å². The second kappa shape index (κ2) is 7.90. The number of hydrogen-bond donors (Lipinski definition) is 2. The SMILES string of the molecule is CC(=O)Nc1nc(CCc2ccc(CCCO)cc2)cs1. The van der Waals surface area contributed by atoms with Crippen molar-refractivity contribution in [2.75, 3.05) is 11.9 Å². The van der Waals surface area contributed by atoms with E-state index in [9.17, 15) is 4.79 Å². The van der Waals surface area contributed by atoms with Gasteiger partial charge in [-0.2, -0.15) is 0 Å². The first-order chi connectivity index (χ1) is 10.2. The molecular formula is C16H20N2O2S. The minimum Gasteiger partial charge on any atom is -0.396 e. The fraction of sp³-hybridized carbons (Fsp3) is 0.375. The smallest absolute Gasteiger partial charge is 0.223 e. The van der Waals surface area contributed by atoms with Crippen LogP contribution in [0, 0.1) is 0 Å². The summed E-state index contributed by atoms with van der Waals surface area (Å²) < 4.78 is 0. The zero-order chi connectivity index (χ0) is 15.1. The Labute approximate surface area is 128 Å². The quantitative estimate of drug-likeness (QED) is 0.827. The molecule has 0 fully saturated rings. The number of aromatic nitrogens is 1. The lowest BCUT2D eigenvalue weighted by Gasteiger charge is -2.03. The van der Waals surface area contributed by atoms with E-state index in [4.69, 9.17) is 5.11 Å². The van der Waals surface area contributed by atoms with E-state index < -0.39 is 0 Å². The highest BCUT2D eigenvalue weighted by Crippen LogP contribution is 2.17. The molecule has 2 rings (SSSR count). The van der Waals surface area contributed by atoms with Crippen LogP contribution in [0.5, 0.6) is 0 Å². The molecule has 0 radical (unpaired) electrons. The molecule has 1 aromatic heterocycles. The van der Waals surface area contributed by atoms with Gasteiger partial charge in [-0.05, 0) is 36.8 Å². The molecular weight excluding hydrogens is 284 g/mol. The maximum atomic E-state index is 10.9. The van der Waals surface area contributed by atoms with E-state index in [2.05, 4.69) is 34.6 Å². The number of rotatable bonds is 7. The number of thiazole rings is 1. The van der Waals surface area contributed by atoms with Gasteiger partial charge in [-0.3, -0.25) is 4.79 Å². The molecule has 5 heteroatoms. The van der Waals surface area contributed by atoms with Gasteiger partial charge in [-0.15, -0.1) is 11.3 Å².